The van der Waals surface area contributed by atoms with Crippen LogP contribution in [0.2, 0.25) is 0 Å². The van der Waals surface area contributed by atoms with Crippen LogP contribution in [0.5, 0.6) is 0 Å². The van der Waals surface area contributed by atoms with Gasteiger partial charge >= 0.3 is 0 Å². The molecule has 1 fully saturated rings. The molecule has 1 amide bonds. The van der Waals surface area contributed by atoms with Crippen LogP contribution in [0.25, 0.3) is 0 Å². The fourth-order valence-corrected chi connectivity index (χ4v) is 2.28. The number of nitrogens with zero attached hydrogens (tertiary/aromatic N) is 3. The van der Waals surface area contributed by atoms with E-state index in [-0.39, 0.29) is 5.91 Å². The quantitative estimate of drug-likeness (QED) is 0.920. The van der Waals surface area contributed by atoms with E-state index in [1.54, 1.807) is 30.7 Å². The van der Waals surface area contributed by atoms with Gasteiger partial charge in [-0.25, -0.2) is 4.98 Å². The third-order valence-electron chi connectivity index (χ3n) is 3.52. The molecular weight excluding hydrogens is 280 g/mol. The van der Waals surface area contributed by atoms with Crippen LogP contribution < -0.4 is 10.2 Å². The van der Waals surface area contributed by atoms with Gasteiger partial charge < -0.3 is 15.0 Å². The summed E-state index contributed by atoms with van der Waals surface area (Å²) in [7, 11) is 0. The highest BCUT2D eigenvalue weighted by molar-refractivity contribution is 5.93. The Labute approximate surface area is 129 Å². The molecule has 0 unspecified atom stereocenters. The topological polar surface area (TPSA) is 67.4 Å². The number of anilines is 1. The summed E-state index contributed by atoms with van der Waals surface area (Å²) in [6.45, 7) is 3.66. The highest BCUT2D eigenvalue weighted by Gasteiger charge is 2.12. The maximum absolute atomic E-state index is 11.9. The highest BCUT2D eigenvalue weighted by Crippen LogP contribution is 2.13. The predicted octanol–water partition coefficient (Wildman–Crippen LogP) is 1.24. The van der Waals surface area contributed by atoms with Gasteiger partial charge in [0.05, 0.1) is 18.8 Å². The van der Waals surface area contributed by atoms with Crippen LogP contribution in [0.4, 0.5) is 5.82 Å². The minimum atomic E-state index is -0.134. The van der Waals surface area contributed by atoms with Crippen LogP contribution in [0.15, 0.2) is 42.9 Å². The molecule has 0 aliphatic carbocycles. The molecular formula is C16H18N4O2. The molecule has 3 heterocycles. The van der Waals surface area contributed by atoms with Gasteiger partial charge in [0.2, 0.25) is 0 Å². The fraction of sp³-hybridized carbons (Fsp3) is 0.312. The maximum atomic E-state index is 11.9. The lowest BCUT2D eigenvalue weighted by Crippen LogP contribution is -2.36. The zero-order valence-corrected chi connectivity index (χ0v) is 12.2. The highest BCUT2D eigenvalue weighted by atomic mass is 16.5. The first-order valence-electron chi connectivity index (χ1n) is 7.29. The van der Waals surface area contributed by atoms with Crippen molar-refractivity contribution in [2.45, 2.75) is 6.54 Å². The van der Waals surface area contributed by atoms with E-state index in [0.29, 0.717) is 12.1 Å². The van der Waals surface area contributed by atoms with Gasteiger partial charge in [0.1, 0.15) is 5.82 Å². The van der Waals surface area contributed by atoms with E-state index < -0.39 is 0 Å². The van der Waals surface area contributed by atoms with Gasteiger partial charge in [-0.15, -0.1) is 0 Å². The lowest BCUT2D eigenvalue weighted by Gasteiger charge is -2.27. The fourth-order valence-electron chi connectivity index (χ4n) is 2.28. The van der Waals surface area contributed by atoms with E-state index in [1.807, 2.05) is 12.1 Å². The maximum Gasteiger partial charge on any atom is 0.253 e. The summed E-state index contributed by atoms with van der Waals surface area (Å²) in [5.41, 5.74) is 1.52. The minimum absolute atomic E-state index is 0.134. The molecule has 0 radical (unpaired) electrons. The van der Waals surface area contributed by atoms with Crippen LogP contribution in [-0.2, 0) is 11.3 Å². The minimum Gasteiger partial charge on any atom is -0.378 e. The molecule has 0 aromatic carbocycles. The van der Waals surface area contributed by atoms with Crippen molar-refractivity contribution in [3.63, 3.8) is 0 Å². The van der Waals surface area contributed by atoms with Crippen molar-refractivity contribution >= 4 is 11.7 Å². The Morgan fingerprint density at radius 1 is 1.23 bits per heavy atom. The second-order valence-electron chi connectivity index (χ2n) is 5.05. The van der Waals surface area contributed by atoms with Crippen molar-refractivity contribution in [3.8, 4) is 0 Å². The number of nitrogens with one attached hydrogen (secondary N) is 1. The molecule has 2 aromatic rings. The predicted molar refractivity (Wildman–Crippen MR) is 82.7 cm³/mol. The van der Waals surface area contributed by atoms with Crippen molar-refractivity contribution in [2.24, 2.45) is 0 Å². The largest absolute Gasteiger partial charge is 0.378 e. The molecule has 0 spiro atoms. The van der Waals surface area contributed by atoms with Crippen molar-refractivity contribution < 1.29 is 9.53 Å². The second-order valence-corrected chi connectivity index (χ2v) is 5.05. The summed E-state index contributed by atoms with van der Waals surface area (Å²) in [5, 5.41) is 2.86. The average Bonchev–Trinajstić information content (AvgIpc) is 2.61. The molecule has 0 saturated carbocycles. The number of morpholine rings is 1. The van der Waals surface area contributed by atoms with Gasteiger partial charge in [-0.2, -0.15) is 0 Å². The number of rotatable bonds is 4. The second kappa shape index (κ2) is 7.00. The van der Waals surface area contributed by atoms with Gasteiger partial charge in [-0.3, -0.25) is 9.78 Å². The molecule has 1 saturated heterocycles. The van der Waals surface area contributed by atoms with Crippen molar-refractivity contribution in [2.75, 3.05) is 31.2 Å². The monoisotopic (exact) mass is 298 g/mol. The van der Waals surface area contributed by atoms with Gasteiger partial charge in [0.25, 0.3) is 5.91 Å². The Kier molecular flexibility index (Phi) is 4.60. The molecule has 22 heavy (non-hydrogen) atoms. The van der Waals surface area contributed by atoms with E-state index in [2.05, 4.69) is 20.2 Å². The first kappa shape index (κ1) is 14.5. The lowest BCUT2D eigenvalue weighted by molar-refractivity contribution is 0.0950. The van der Waals surface area contributed by atoms with Crippen LogP contribution in [-0.4, -0.2) is 42.2 Å². The Bertz CT molecular complexity index is 610. The summed E-state index contributed by atoms with van der Waals surface area (Å²) in [5.74, 6) is 0.816. The number of pyridine rings is 2. The molecule has 0 bridgehead atoms. The van der Waals surface area contributed by atoms with E-state index in [9.17, 15) is 4.79 Å². The van der Waals surface area contributed by atoms with E-state index in [4.69, 9.17) is 4.74 Å². The van der Waals surface area contributed by atoms with E-state index in [0.717, 1.165) is 37.7 Å². The number of hydrogen-bond acceptors (Lipinski definition) is 5. The molecule has 0 atom stereocenters. The molecule has 6 heteroatoms. The number of ether oxygens (including phenoxy) is 1. The molecule has 1 aliphatic heterocycles. The van der Waals surface area contributed by atoms with Gasteiger partial charge in [0.15, 0.2) is 0 Å². The van der Waals surface area contributed by atoms with Crippen LogP contribution in [0.1, 0.15) is 15.9 Å². The van der Waals surface area contributed by atoms with Gasteiger partial charge in [-0.1, -0.05) is 6.07 Å². The lowest BCUT2D eigenvalue weighted by atomic mass is 10.2. The SMILES string of the molecule is O=C(NCc1ccc(N2CCOCC2)nc1)c1cccnc1. The average molecular weight is 298 g/mol. The summed E-state index contributed by atoms with van der Waals surface area (Å²) < 4.78 is 5.33. The van der Waals surface area contributed by atoms with Gasteiger partial charge in [0, 0.05) is 38.2 Å². The molecule has 1 aliphatic rings. The molecule has 3 rings (SSSR count). The standard InChI is InChI=1S/C16H18N4O2/c21-16(14-2-1-5-17-12-14)19-11-13-3-4-15(18-10-13)20-6-8-22-9-7-20/h1-5,10,12H,6-9,11H2,(H,19,21). The van der Waals surface area contributed by atoms with E-state index in [1.165, 1.54) is 0 Å². The normalized spacial score (nSPS) is 14.6. The number of hydrogen-bond donors (Lipinski definition) is 1. The molecule has 6 nitrogen and oxygen atoms in total. The molecule has 114 valence electrons. The smallest absolute Gasteiger partial charge is 0.253 e. The van der Waals surface area contributed by atoms with Crippen molar-refractivity contribution in [3.05, 3.63) is 54.0 Å². The number of carbonyl (C=O) groups is 1. The van der Waals surface area contributed by atoms with Crippen LogP contribution >= 0.6 is 0 Å². The van der Waals surface area contributed by atoms with E-state index >= 15 is 0 Å². The van der Waals surface area contributed by atoms with Crippen molar-refractivity contribution in [1.29, 1.82) is 0 Å². The number of amides is 1. The third-order valence-corrected chi connectivity index (χ3v) is 3.52. The van der Waals surface area contributed by atoms with Crippen LogP contribution in [0.3, 0.4) is 0 Å². The first-order valence-corrected chi connectivity index (χ1v) is 7.29. The number of aromatic nitrogens is 2. The Morgan fingerprint density at radius 3 is 2.77 bits per heavy atom. The van der Waals surface area contributed by atoms with Crippen molar-refractivity contribution in [1.82, 2.24) is 15.3 Å². The summed E-state index contributed by atoms with van der Waals surface area (Å²) in [6, 6.07) is 7.45. The molecule has 2 aromatic heterocycles. The number of carbonyl (C=O) groups excluding carboxylic acids is 1. The Hall–Kier alpha value is -2.47. The van der Waals surface area contributed by atoms with Crippen LogP contribution in [0, 0.1) is 0 Å². The summed E-state index contributed by atoms with van der Waals surface area (Å²) in [4.78, 5) is 22.5. The summed E-state index contributed by atoms with van der Waals surface area (Å²) >= 11 is 0. The first-order chi connectivity index (χ1) is 10.8. The Balaban J connectivity index is 1.56. The summed E-state index contributed by atoms with van der Waals surface area (Å²) in [6.07, 6.45) is 4.99. The third kappa shape index (κ3) is 3.59. The zero-order chi connectivity index (χ0) is 15.2. The Morgan fingerprint density at radius 2 is 2.09 bits per heavy atom. The zero-order valence-electron chi connectivity index (χ0n) is 12.2. The molecule has 1 N–H and O–H groups in total. The van der Waals surface area contributed by atoms with Gasteiger partial charge in [-0.05, 0) is 23.8 Å².